The molecule has 0 aromatic heterocycles. The third-order valence-corrected chi connectivity index (χ3v) is 8.28. The summed E-state index contributed by atoms with van der Waals surface area (Å²) in [6.07, 6.45) is 5.82. The van der Waals surface area contributed by atoms with Crippen molar-refractivity contribution in [3.05, 3.63) is 29.8 Å². The molecule has 1 aromatic carbocycles. The third-order valence-electron chi connectivity index (χ3n) is 6.44. The van der Waals surface area contributed by atoms with Crippen LogP contribution in [0.25, 0.3) is 0 Å². The molecule has 0 radical (unpaired) electrons. The van der Waals surface area contributed by atoms with Crippen molar-refractivity contribution in [3.63, 3.8) is 0 Å². The number of sulfonamides is 1. The molecule has 2 saturated heterocycles. The van der Waals surface area contributed by atoms with Gasteiger partial charge in [-0.1, -0.05) is 20.3 Å². The topological polar surface area (TPSA) is 69.7 Å². The van der Waals surface area contributed by atoms with E-state index in [1.807, 2.05) is 0 Å². The molecule has 2 fully saturated rings. The summed E-state index contributed by atoms with van der Waals surface area (Å²) in [5.41, 5.74) is 0.501. The fourth-order valence-corrected chi connectivity index (χ4v) is 6.48. The molecule has 0 spiro atoms. The molecule has 2 aliphatic heterocycles. The van der Waals surface area contributed by atoms with E-state index in [1.165, 1.54) is 19.3 Å². The number of likely N-dealkylation sites (tertiary alicyclic amines) is 1. The van der Waals surface area contributed by atoms with Gasteiger partial charge in [0.2, 0.25) is 10.0 Å². The Balaban J connectivity index is 1.51. The number of hydrogen-bond donors (Lipinski definition) is 1. The molecule has 168 valence electrons. The maximum atomic E-state index is 13.0. The van der Waals surface area contributed by atoms with E-state index in [0.29, 0.717) is 43.1 Å². The van der Waals surface area contributed by atoms with Crippen LogP contribution in [0.4, 0.5) is 0 Å². The minimum atomic E-state index is -3.51. The first-order chi connectivity index (χ1) is 14.3. The van der Waals surface area contributed by atoms with Crippen molar-refractivity contribution in [2.24, 2.45) is 11.8 Å². The number of benzene rings is 1. The molecule has 1 aromatic rings. The highest BCUT2D eigenvalue weighted by atomic mass is 32.2. The molecule has 0 unspecified atom stereocenters. The average molecular weight is 436 g/mol. The van der Waals surface area contributed by atoms with Crippen molar-refractivity contribution in [2.45, 2.75) is 63.8 Å². The van der Waals surface area contributed by atoms with Gasteiger partial charge < -0.3 is 10.2 Å². The van der Waals surface area contributed by atoms with Crippen molar-refractivity contribution < 1.29 is 13.2 Å². The number of nitrogens with one attached hydrogen (secondary N) is 1. The predicted octanol–water partition coefficient (Wildman–Crippen LogP) is 3.35. The van der Waals surface area contributed by atoms with E-state index in [2.05, 4.69) is 31.0 Å². The highest BCUT2D eigenvalue weighted by molar-refractivity contribution is 7.89. The van der Waals surface area contributed by atoms with Crippen molar-refractivity contribution in [3.8, 4) is 0 Å². The van der Waals surface area contributed by atoms with E-state index in [9.17, 15) is 13.2 Å². The van der Waals surface area contributed by atoms with Gasteiger partial charge in [-0.05, 0) is 75.3 Å². The number of carbonyl (C=O) groups is 1. The van der Waals surface area contributed by atoms with Crippen LogP contribution in [0.2, 0.25) is 0 Å². The Morgan fingerprint density at radius 3 is 2.37 bits per heavy atom. The van der Waals surface area contributed by atoms with Crippen LogP contribution in [0.5, 0.6) is 0 Å². The van der Waals surface area contributed by atoms with Crippen LogP contribution in [0.1, 0.15) is 63.2 Å². The normalized spacial score (nSPS) is 26.4. The second-order valence-corrected chi connectivity index (χ2v) is 11.2. The smallest absolute Gasteiger partial charge is 0.251 e. The zero-order valence-corrected chi connectivity index (χ0v) is 19.5. The summed E-state index contributed by atoms with van der Waals surface area (Å²) in [7, 11) is -3.51. The van der Waals surface area contributed by atoms with Crippen LogP contribution in [0.3, 0.4) is 0 Å². The van der Waals surface area contributed by atoms with Gasteiger partial charge in [0.15, 0.2) is 0 Å². The van der Waals surface area contributed by atoms with E-state index in [1.54, 1.807) is 28.6 Å². The number of hydrogen-bond acceptors (Lipinski definition) is 4. The van der Waals surface area contributed by atoms with Gasteiger partial charge >= 0.3 is 0 Å². The predicted molar refractivity (Wildman–Crippen MR) is 120 cm³/mol. The Bertz CT molecular complexity index is 799. The average Bonchev–Trinajstić information content (AvgIpc) is 2.71. The molecule has 3 atom stereocenters. The van der Waals surface area contributed by atoms with E-state index in [0.717, 1.165) is 25.9 Å². The van der Waals surface area contributed by atoms with Gasteiger partial charge in [0, 0.05) is 37.8 Å². The second kappa shape index (κ2) is 10.2. The van der Waals surface area contributed by atoms with Gasteiger partial charge in [-0.15, -0.1) is 0 Å². The Kier molecular flexibility index (Phi) is 7.93. The lowest BCUT2D eigenvalue weighted by molar-refractivity contribution is 0.0948. The second-order valence-electron chi connectivity index (χ2n) is 9.28. The summed E-state index contributed by atoms with van der Waals surface area (Å²) in [4.78, 5) is 15.2. The standard InChI is InChI=1S/C23H37N3O3S/c1-18-15-19(2)17-26(16-18)30(28,29)22-10-8-21(9-11-22)23(27)24-12-6-14-25-13-5-4-7-20(25)3/h8-11,18-20H,4-7,12-17H2,1-3H3,(H,24,27)/t18-,19+,20-/m1/s1. The first kappa shape index (κ1) is 23.2. The van der Waals surface area contributed by atoms with Crippen LogP contribution in [0, 0.1) is 11.8 Å². The number of rotatable bonds is 7. The van der Waals surface area contributed by atoms with Crippen LogP contribution in [-0.4, -0.2) is 62.3 Å². The van der Waals surface area contributed by atoms with Crippen LogP contribution < -0.4 is 5.32 Å². The van der Waals surface area contributed by atoms with E-state index >= 15 is 0 Å². The van der Waals surface area contributed by atoms with Crippen molar-refractivity contribution >= 4 is 15.9 Å². The molecule has 1 amide bonds. The molecule has 7 heteroatoms. The lowest BCUT2D eigenvalue weighted by atomic mass is 9.94. The fraction of sp³-hybridized carbons (Fsp3) is 0.696. The molecule has 2 heterocycles. The number of carbonyl (C=O) groups excluding carboxylic acids is 1. The maximum absolute atomic E-state index is 13.0. The van der Waals surface area contributed by atoms with Crippen molar-refractivity contribution in [1.29, 1.82) is 0 Å². The van der Waals surface area contributed by atoms with Gasteiger partial charge in [0.25, 0.3) is 5.91 Å². The minimum absolute atomic E-state index is 0.147. The molecule has 3 rings (SSSR count). The van der Waals surface area contributed by atoms with Gasteiger partial charge in [0.1, 0.15) is 0 Å². The molecular weight excluding hydrogens is 398 g/mol. The Morgan fingerprint density at radius 2 is 1.73 bits per heavy atom. The summed E-state index contributed by atoms with van der Waals surface area (Å²) in [6, 6.07) is 6.99. The molecule has 2 aliphatic rings. The summed E-state index contributed by atoms with van der Waals surface area (Å²) in [6.45, 7) is 10.4. The Morgan fingerprint density at radius 1 is 1.07 bits per heavy atom. The number of piperidine rings is 2. The summed E-state index contributed by atoms with van der Waals surface area (Å²) < 4.78 is 27.5. The molecule has 30 heavy (non-hydrogen) atoms. The molecule has 0 aliphatic carbocycles. The molecular formula is C23H37N3O3S. The minimum Gasteiger partial charge on any atom is -0.352 e. The first-order valence-electron chi connectivity index (χ1n) is 11.4. The largest absolute Gasteiger partial charge is 0.352 e. The Labute approximate surface area is 182 Å². The number of nitrogens with zero attached hydrogens (tertiary/aromatic N) is 2. The van der Waals surface area contributed by atoms with Gasteiger partial charge in [-0.2, -0.15) is 4.31 Å². The summed E-state index contributed by atoms with van der Waals surface area (Å²) in [5, 5.41) is 2.96. The molecule has 6 nitrogen and oxygen atoms in total. The molecule has 0 bridgehead atoms. The van der Waals surface area contributed by atoms with Gasteiger partial charge in [-0.3, -0.25) is 4.79 Å². The van der Waals surface area contributed by atoms with E-state index in [4.69, 9.17) is 0 Å². The third kappa shape index (κ3) is 5.83. The van der Waals surface area contributed by atoms with Gasteiger partial charge in [-0.25, -0.2) is 8.42 Å². The highest BCUT2D eigenvalue weighted by Crippen LogP contribution is 2.26. The van der Waals surface area contributed by atoms with Crippen LogP contribution in [-0.2, 0) is 10.0 Å². The monoisotopic (exact) mass is 435 g/mol. The number of amides is 1. The maximum Gasteiger partial charge on any atom is 0.251 e. The lowest BCUT2D eigenvalue weighted by Crippen LogP contribution is -2.42. The summed E-state index contributed by atoms with van der Waals surface area (Å²) >= 11 is 0. The van der Waals surface area contributed by atoms with E-state index in [-0.39, 0.29) is 10.8 Å². The van der Waals surface area contributed by atoms with E-state index < -0.39 is 10.0 Å². The fourth-order valence-electron chi connectivity index (χ4n) is 4.81. The molecule has 0 saturated carbocycles. The molecule has 1 N–H and O–H groups in total. The van der Waals surface area contributed by atoms with Gasteiger partial charge in [0.05, 0.1) is 4.90 Å². The lowest BCUT2D eigenvalue weighted by Gasteiger charge is -2.34. The Hall–Kier alpha value is -1.44. The SMILES string of the molecule is C[C@@H]1C[C@H](C)CN(S(=O)(=O)c2ccc(C(=O)NCCCN3CCCC[C@H]3C)cc2)C1. The van der Waals surface area contributed by atoms with Crippen LogP contribution in [0.15, 0.2) is 29.2 Å². The summed E-state index contributed by atoms with van der Waals surface area (Å²) in [5.74, 6) is 0.578. The zero-order valence-electron chi connectivity index (χ0n) is 18.6. The van der Waals surface area contributed by atoms with Crippen molar-refractivity contribution in [2.75, 3.05) is 32.7 Å². The van der Waals surface area contributed by atoms with Crippen molar-refractivity contribution in [1.82, 2.24) is 14.5 Å². The zero-order chi connectivity index (χ0) is 21.7. The quantitative estimate of drug-likeness (QED) is 0.667. The highest BCUT2D eigenvalue weighted by Gasteiger charge is 2.31. The van der Waals surface area contributed by atoms with Crippen LogP contribution >= 0.6 is 0 Å². The first-order valence-corrected chi connectivity index (χ1v) is 12.8.